The standard InChI is InChI=1S/C18H28FN5O9P2.C18H26FN5O2.C18H24FN5O2.C17H24FN5O4.C4H6O4.C2H3BO2.CH2Cl4O2P2.2CH4.Na/c1-31-7-12-22-16(21-10-4-2-3-5-10)14-17(23-12)24(8-20-14)18-13(19)15(25)11(33-18)6-32-35(29,30)9-34(26,27)28;2*1-3-12-10(2)14(19)18(26-12)24-9-20-15-16(21-11-6-4-5-7-11)22-13(8-25)23-17(15)24;1-26-7-11-21-15(20-9-4-2-3-5-9)13-16(22-11)23(8-19-13)17-12(18)14(25)10(6-24)27-17;1-3(5)7-8-4(2)6;1-2(4)5-3;2-8(3,6)1-9(4,5)7;;;/h8,10-11,13,15,18,25H,2-7,9H2,1H3,(H,29,30)(H,21,22,23)(H2,26,27,28);9-12,14,18,25H,3-8H2,1-2H3,(H,21,22,23);8-12,14,18H,3-7H2,1-2H3,(H,21,22,23);8-10,12,14,17,24-25H,2-7H2,1H3,(H,20,21,22);1-2H3;1H3;1H2;2*1H4;/q;;;;;-1;;;;+1/t11-,13+,15-,18-;2*10-,12-,14+,18-;10-,12+,14-,17-;;;;;;/m1111....../s1. The maximum absolute atomic E-state index is 15.1. The zero-order valence-electron chi connectivity index (χ0n) is 76.6. The van der Waals surface area contributed by atoms with E-state index >= 15 is 4.39 Å². The molecule has 4 aliphatic carbocycles. The minimum absolute atomic E-state index is 0. The number of alkyl halides is 4. The summed E-state index contributed by atoms with van der Waals surface area (Å²) in [5.74, 6) is -7.47. The van der Waals surface area contributed by atoms with Gasteiger partial charge in [0.05, 0.1) is 50.7 Å². The van der Waals surface area contributed by atoms with Crippen molar-refractivity contribution in [3.8, 4) is 0 Å². The number of imidazole rings is 4. The molecule has 771 valence electrons. The number of nitrogens with one attached hydrogen (secondary N) is 4. The van der Waals surface area contributed by atoms with Crippen LogP contribution in [0.15, 0.2) is 25.3 Å². The number of ether oxygens (including phenoxy) is 6. The molecule has 45 nitrogen and oxygen atoms in total. The van der Waals surface area contributed by atoms with E-state index in [2.05, 4.69) is 104 Å². The van der Waals surface area contributed by atoms with Gasteiger partial charge in [0.1, 0.15) is 50.1 Å². The van der Waals surface area contributed by atoms with Crippen LogP contribution >= 0.6 is 71.8 Å². The third kappa shape index (κ3) is 33.1. The van der Waals surface area contributed by atoms with Crippen molar-refractivity contribution in [1.82, 2.24) is 78.1 Å². The molecule has 8 aromatic rings. The number of carbonyl (C=O) groups is 4. The second-order valence-electron chi connectivity index (χ2n) is 33.4. The molecule has 8 aliphatic rings. The molecule has 1 unspecified atom stereocenters. The molecule has 3 radical (unpaired) electrons. The Balaban J connectivity index is 0.000000234. The van der Waals surface area contributed by atoms with E-state index in [1.165, 1.54) is 80.7 Å². The van der Waals surface area contributed by atoms with Crippen molar-refractivity contribution < 1.29 is 167 Å². The van der Waals surface area contributed by atoms with Crippen LogP contribution in [0.4, 0.5) is 40.8 Å². The molecular formula is C80H121BCl4F4N20NaO25P4. The molecule has 4 saturated carbocycles. The average molecular weight is 2140 g/mol. The van der Waals surface area contributed by atoms with E-state index in [-0.39, 0.29) is 106 Å². The molecule has 4 saturated heterocycles. The van der Waals surface area contributed by atoms with Crippen molar-refractivity contribution in [3.05, 3.63) is 48.6 Å². The molecule has 4 aliphatic heterocycles. The van der Waals surface area contributed by atoms with Crippen molar-refractivity contribution >= 4 is 172 Å². The topological polar surface area (TPSA) is 593 Å². The quantitative estimate of drug-likeness (QED) is 0.00542. The van der Waals surface area contributed by atoms with E-state index in [0.717, 1.165) is 90.9 Å². The zero-order chi connectivity index (χ0) is 99.4. The van der Waals surface area contributed by atoms with E-state index in [9.17, 15) is 75.9 Å². The minimum atomic E-state index is -4.84. The van der Waals surface area contributed by atoms with Crippen LogP contribution in [0.5, 0.6) is 0 Å². The Kier molecular flexibility index (Phi) is 47.2. The number of rotatable bonds is 28. The van der Waals surface area contributed by atoms with Gasteiger partial charge >= 0.3 is 56.7 Å². The zero-order valence-corrected chi connectivity index (χ0v) is 85.2. The fourth-order valence-electron chi connectivity index (χ4n) is 16.5. The number of aldehydes is 1. The van der Waals surface area contributed by atoms with E-state index in [4.69, 9.17) is 87.7 Å². The van der Waals surface area contributed by atoms with Crippen molar-refractivity contribution in [2.45, 2.75) is 309 Å². The fourth-order valence-corrected chi connectivity index (χ4v) is 28.0. The predicted octanol–water partition coefficient (Wildman–Crippen LogP) is 10.6. The molecule has 16 rings (SSSR count). The van der Waals surface area contributed by atoms with Gasteiger partial charge in [-0.05, 0) is 109 Å². The van der Waals surface area contributed by atoms with Gasteiger partial charge in [-0.25, -0.2) is 96.7 Å². The SMILES string of the molecule is C.C.CC(=O)OOC(C)=O.CC[C@H]1O[C@@H](n2cnc3c(NC4CCCC4)nc(C=O)nc32)[C@@H](F)[C@@H]1C.CC[C@H]1O[C@@H](n2cnc3c(NC4CCCC4)nc(CO)nc32)[C@@H](F)[C@@H]1C.COCc1nc(NC2CCCC2)c2ncn([C@@H]3O[C@H](CO)[C@@H](O)[C@@H]3F)c2n1.COCc1nc(NC2CCCC2)c2ncn([C@@H]3O[C@H](COP(=O)(O)CP(=O)(O)O)[C@@H](O)[C@@H]3F)c2n1.O=P(Cl)(Cl)CP(=O)(Cl)Cl.[B-]OC(C)=O.[Na+]. The smallest absolute Gasteiger partial charge is 0.793 e. The van der Waals surface area contributed by atoms with Gasteiger partial charge in [-0.15, -0.1) is 0 Å². The molecule has 12 heterocycles. The van der Waals surface area contributed by atoms with Crippen LogP contribution in [0.2, 0.25) is 0 Å². The fraction of sp³-hybridized carbons (Fsp3) is 0.700. The Morgan fingerprint density at radius 3 is 1.06 bits per heavy atom. The number of nitrogens with zero attached hydrogens (tertiary/aromatic N) is 16. The van der Waals surface area contributed by atoms with Crippen LogP contribution < -0.4 is 50.8 Å². The van der Waals surface area contributed by atoms with E-state index in [0.29, 0.717) is 104 Å². The Morgan fingerprint density at radius 1 is 0.489 bits per heavy atom. The third-order valence-electron chi connectivity index (χ3n) is 23.0. The Labute approximate surface area is 841 Å². The molecule has 0 bridgehead atoms. The van der Waals surface area contributed by atoms with Gasteiger partial charge in [0.2, 0.25) is 5.97 Å². The summed E-state index contributed by atoms with van der Waals surface area (Å²) >= 11 is 20.0. The van der Waals surface area contributed by atoms with Gasteiger partial charge in [0.25, 0.3) is 11.7 Å². The second-order valence-corrected chi connectivity index (χ2v) is 48.4. The van der Waals surface area contributed by atoms with Crippen molar-refractivity contribution in [3.63, 3.8) is 0 Å². The second kappa shape index (κ2) is 54.8. The number of hydrogen-bond acceptors (Lipinski definition) is 38. The van der Waals surface area contributed by atoms with Crippen molar-refractivity contribution in [2.24, 2.45) is 11.8 Å². The molecule has 17 atom stereocenters. The summed E-state index contributed by atoms with van der Waals surface area (Å²) in [6.07, 6.45) is 9.84. The summed E-state index contributed by atoms with van der Waals surface area (Å²) in [6, 6.07) is 1.21. The van der Waals surface area contributed by atoms with E-state index in [1.54, 1.807) is 22.6 Å². The normalized spacial score (nSPS) is 25.2. The van der Waals surface area contributed by atoms with Crippen LogP contribution in [0.3, 0.4) is 0 Å². The summed E-state index contributed by atoms with van der Waals surface area (Å²) in [5, 5.41) is 52.7. The molecule has 8 aromatic heterocycles. The number of aliphatic hydroxyl groups excluding tert-OH is 4. The summed E-state index contributed by atoms with van der Waals surface area (Å²) in [7, 11) is -2.19. The van der Waals surface area contributed by atoms with Crippen LogP contribution in [0.25, 0.3) is 44.7 Å². The molecule has 59 heteroatoms. The first-order valence-electron chi connectivity index (χ1n) is 43.8. The van der Waals surface area contributed by atoms with Crippen molar-refractivity contribution in [2.75, 3.05) is 60.5 Å². The monoisotopic (exact) mass is 2140 g/mol. The maximum atomic E-state index is 15.1. The number of halogens is 8. The van der Waals surface area contributed by atoms with Gasteiger partial charge in [-0.3, -0.25) is 46.1 Å². The molecule has 8 fully saturated rings. The van der Waals surface area contributed by atoms with E-state index in [1.807, 2.05) is 27.7 Å². The Bertz CT molecular complexity index is 5490. The summed E-state index contributed by atoms with van der Waals surface area (Å²) < 4.78 is 151. The van der Waals surface area contributed by atoms with Gasteiger partial charge in [0.15, 0.2) is 153 Å². The van der Waals surface area contributed by atoms with Crippen molar-refractivity contribution in [1.29, 1.82) is 0 Å². The summed E-state index contributed by atoms with van der Waals surface area (Å²) in [5.41, 5.74) is 3.60. The van der Waals surface area contributed by atoms with Gasteiger partial charge in [0, 0.05) is 71.0 Å². The first kappa shape index (κ1) is 120. The van der Waals surface area contributed by atoms with Gasteiger partial charge < -0.3 is 102 Å². The minimum Gasteiger partial charge on any atom is -0.793 e. The van der Waals surface area contributed by atoms with E-state index < -0.39 is 144 Å². The Hall–Kier alpha value is -6.22. The Morgan fingerprint density at radius 2 is 0.791 bits per heavy atom. The first-order chi connectivity index (χ1) is 64.4. The largest absolute Gasteiger partial charge is 1.00 e. The molecule has 11 N–H and O–H groups in total. The number of aromatic nitrogens is 16. The van der Waals surface area contributed by atoms with Crippen LogP contribution in [-0.2, 0) is 99.8 Å². The first-order valence-corrected chi connectivity index (χ1v) is 54.8. The number of carbonyl (C=O) groups excluding carboxylic acids is 4. The average Bonchev–Trinajstić information content (AvgIpc) is 1.63. The molecule has 139 heavy (non-hydrogen) atoms. The summed E-state index contributed by atoms with van der Waals surface area (Å²) in [4.78, 5) is 128. The molecule has 0 amide bonds. The van der Waals surface area contributed by atoms with Gasteiger partial charge in [-0.1, -0.05) is 93.9 Å². The maximum Gasteiger partial charge on any atom is 1.00 e. The number of aliphatic hydroxyl groups is 4. The molecule has 0 spiro atoms. The van der Waals surface area contributed by atoms with Crippen LogP contribution in [0.1, 0.15) is 232 Å². The number of anilines is 4. The number of hydrogen-bond donors (Lipinski definition) is 11. The molecular weight excluding hydrogens is 2020 g/mol. The predicted molar refractivity (Wildman–Crippen MR) is 501 cm³/mol. The number of fused-ring (bicyclic) bond motifs is 4. The third-order valence-corrected chi connectivity index (χ3v) is 33.0. The van der Waals surface area contributed by atoms with Crippen LogP contribution in [-0.4, -0.2) is 270 Å². The molecule has 0 aromatic carbocycles. The van der Waals surface area contributed by atoms with Crippen LogP contribution in [0, 0.1) is 11.8 Å². The number of methoxy groups -OCH3 is 2. The van der Waals surface area contributed by atoms with Gasteiger partial charge in [-0.2, -0.15) is 0 Å². The summed E-state index contributed by atoms with van der Waals surface area (Å²) in [6.45, 7) is 10.0.